The molecule has 1 heterocycles. The highest BCUT2D eigenvalue weighted by atomic mass is 32.2. The highest BCUT2D eigenvalue weighted by Crippen LogP contribution is 2.36. The Balaban J connectivity index is 1.55. The number of amides is 2. The first-order valence-electron chi connectivity index (χ1n) is 11.3. The van der Waals surface area contributed by atoms with E-state index in [1.54, 1.807) is 24.3 Å². The van der Waals surface area contributed by atoms with Crippen LogP contribution in [0.15, 0.2) is 53.4 Å². The van der Waals surface area contributed by atoms with Gasteiger partial charge < -0.3 is 15.4 Å². The summed E-state index contributed by atoms with van der Waals surface area (Å²) < 4.78 is 71.9. The van der Waals surface area contributed by atoms with Gasteiger partial charge in [-0.2, -0.15) is 17.5 Å². The van der Waals surface area contributed by atoms with E-state index in [-0.39, 0.29) is 31.8 Å². The number of hydrogen-bond acceptors (Lipinski definition) is 6. The maximum absolute atomic E-state index is 13.3. The zero-order valence-electron chi connectivity index (χ0n) is 20.0. The predicted molar refractivity (Wildman–Crippen MR) is 128 cm³/mol. The van der Waals surface area contributed by atoms with Gasteiger partial charge in [0.15, 0.2) is 6.10 Å². The summed E-state index contributed by atoms with van der Waals surface area (Å²) in [6.07, 6.45) is -5.92. The van der Waals surface area contributed by atoms with Crippen molar-refractivity contribution in [1.29, 1.82) is 0 Å². The summed E-state index contributed by atoms with van der Waals surface area (Å²) in [5.74, 6) is -2.25. The van der Waals surface area contributed by atoms with E-state index in [4.69, 9.17) is 4.74 Å². The van der Waals surface area contributed by atoms with E-state index < -0.39 is 50.6 Å². The lowest BCUT2D eigenvalue weighted by Gasteiger charge is -2.31. The summed E-state index contributed by atoms with van der Waals surface area (Å²) in [6.45, 7) is 2.40. The summed E-state index contributed by atoms with van der Waals surface area (Å²) in [4.78, 5) is 35.2. The standard InChI is InChI=1S/C24H26F3N3O6S/c1-15(22(32)29-19-9-7-18(8-10-19)28-16(2)31)36-23(33)17-11-13-30(14-12-17)37(34,35)21-6-4-3-5-20(21)24(25,26)27/h3-10,15,17H,11-14H2,1-2H3,(H,28,31)(H,29,32). The molecule has 0 radical (unpaired) electrons. The molecule has 1 aliphatic heterocycles. The van der Waals surface area contributed by atoms with Crippen molar-refractivity contribution >= 4 is 39.2 Å². The summed E-state index contributed by atoms with van der Waals surface area (Å²) in [6, 6.07) is 10.2. The molecule has 1 unspecified atom stereocenters. The van der Waals surface area contributed by atoms with E-state index in [2.05, 4.69) is 10.6 Å². The second-order valence-corrected chi connectivity index (χ2v) is 10.4. The van der Waals surface area contributed by atoms with Crippen LogP contribution in [0, 0.1) is 5.92 Å². The Hall–Kier alpha value is -3.45. The number of benzene rings is 2. The number of esters is 1. The average molecular weight is 542 g/mol. The molecule has 1 saturated heterocycles. The van der Waals surface area contributed by atoms with Gasteiger partial charge >= 0.3 is 12.1 Å². The Bertz CT molecular complexity index is 1260. The summed E-state index contributed by atoms with van der Waals surface area (Å²) in [7, 11) is -4.43. The highest BCUT2D eigenvalue weighted by Gasteiger charge is 2.40. The third kappa shape index (κ3) is 7.07. The molecule has 2 amide bonds. The van der Waals surface area contributed by atoms with Gasteiger partial charge in [-0.05, 0) is 56.2 Å². The molecule has 13 heteroatoms. The number of anilines is 2. The van der Waals surface area contributed by atoms with Gasteiger partial charge in [0.2, 0.25) is 15.9 Å². The topological polar surface area (TPSA) is 122 Å². The first-order chi connectivity index (χ1) is 17.3. The zero-order chi connectivity index (χ0) is 27.4. The van der Waals surface area contributed by atoms with Crippen LogP contribution in [0.4, 0.5) is 24.5 Å². The van der Waals surface area contributed by atoms with Crippen molar-refractivity contribution in [3.05, 3.63) is 54.1 Å². The number of alkyl halides is 3. The third-order valence-electron chi connectivity index (χ3n) is 5.73. The van der Waals surface area contributed by atoms with Crippen LogP contribution < -0.4 is 10.6 Å². The number of hydrogen-bond donors (Lipinski definition) is 2. The molecule has 2 aromatic rings. The fraction of sp³-hybridized carbons (Fsp3) is 0.375. The summed E-state index contributed by atoms with van der Waals surface area (Å²) in [5.41, 5.74) is -0.291. The molecule has 2 N–H and O–H groups in total. The number of ether oxygens (including phenoxy) is 1. The van der Waals surface area contributed by atoms with Crippen molar-refractivity contribution in [2.24, 2.45) is 5.92 Å². The number of nitrogens with zero attached hydrogens (tertiary/aromatic N) is 1. The van der Waals surface area contributed by atoms with Gasteiger partial charge in [-0.1, -0.05) is 12.1 Å². The Labute approximate surface area is 212 Å². The fourth-order valence-electron chi connectivity index (χ4n) is 3.80. The Morgan fingerprint density at radius 1 is 0.973 bits per heavy atom. The number of carbonyl (C=O) groups is 3. The van der Waals surface area contributed by atoms with E-state index in [9.17, 15) is 36.0 Å². The molecular weight excluding hydrogens is 515 g/mol. The Morgan fingerprint density at radius 3 is 2.05 bits per heavy atom. The highest BCUT2D eigenvalue weighted by molar-refractivity contribution is 7.89. The van der Waals surface area contributed by atoms with Crippen LogP contribution in [0.5, 0.6) is 0 Å². The Kier molecular flexibility index (Phi) is 8.59. The normalized spacial score (nSPS) is 16.0. The SMILES string of the molecule is CC(=O)Nc1ccc(NC(=O)C(C)OC(=O)C2CCN(S(=O)(=O)c3ccccc3C(F)(F)F)CC2)cc1. The van der Waals surface area contributed by atoms with Gasteiger partial charge in [0.25, 0.3) is 5.91 Å². The van der Waals surface area contributed by atoms with E-state index in [0.29, 0.717) is 17.4 Å². The van der Waals surface area contributed by atoms with Crippen LogP contribution in [0.1, 0.15) is 32.3 Å². The zero-order valence-corrected chi connectivity index (χ0v) is 20.9. The van der Waals surface area contributed by atoms with E-state index >= 15 is 0 Å². The quantitative estimate of drug-likeness (QED) is 0.517. The van der Waals surface area contributed by atoms with Gasteiger partial charge in [0.1, 0.15) is 0 Å². The third-order valence-corrected chi connectivity index (χ3v) is 7.69. The molecule has 9 nitrogen and oxygen atoms in total. The van der Waals surface area contributed by atoms with E-state index in [1.165, 1.54) is 19.9 Å². The number of piperidine rings is 1. The van der Waals surface area contributed by atoms with Crippen molar-refractivity contribution in [3.8, 4) is 0 Å². The molecule has 1 atom stereocenters. The minimum atomic E-state index is -4.84. The maximum Gasteiger partial charge on any atom is 0.417 e. The number of rotatable bonds is 7. The molecule has 200 valence electrons. The number of nitrogens with one attached hydrogen (secondary N) is 2. The van der Waals surface area contributed by atoms with E-state index in [0.717, 1.165) is 16.4 Å². The monoisotopic (exact) mass is 541 g/mol. The van der Waals surface area contributed by atoms with Crippen LogP contribution >= 0.6 is 0 Å². The number of halogens is 3. The second-order valence-electron chi connectivity index (χ2n) is 8.50. The van der Waals surface area contributed by atoms with E-state index in [1.807, 2.05) is 0 Å². The lowest BCUT2D eigenvalue weighted by Crippen LogP contribution is -2.42. The molecule has 2 aromatic carbocycles. The molecule has 37 heavy (non-hydrogen) atoms. The molecule has 0 aromatic heterocycles. The fourth-order valence-corrected chi connectivity index (χ4v) is 5.49. The van der Waals surface area contributed by atoms with Crippen LogP contribution in [-0.4, -0.2) is 49.7 Å². The van der Waals surface area contributed by atoms with Crippen LogP contribution in [0.3, 0.4) is 0 Å². The lowest BCUT2D eigenvalue weighted by atomic mass is 9.98. The smallest absolute Gasteiger partial charge is 0.417 e. The number of sulfonamides is 1. The van der Waals surface area contributed by atoms with Crippen LogP contribution in [0.25, 0.3) is 0 Å². The largest absolute Gasteiger partial charge is 0.452 e. The first-order valence-corrected chi connectivity index (χ1v) is 12.8. The average Bonchev–Trinajstić information content (AvgIpc) is 2.84. The van der Waals surface area contributed by atoms with Crippen molar-refractivity contribution in [1.82, 2.24) is 4.31 Å². The number of carbonyl (C=O) groups excluding carboxylic acids is 3. The minimum absolute atomic E-state index is 0.0329. The van der Waals surface area contributed by atoms with Crippen molar-refractivity contribution < 1.29 is 40.7 Å². The maximum atomic E-state index is 13.3. The van der Waals surface area contributed by atoms with Crippen molar-refractivity contribution in [3.63, 3.8) is 0 Å². The van der Waals surface area contributed by atoms with Gasteiger partial charge in [0, 0.05) is 31.4 Å². The molecule has 0 spiro atoms. The van der Waals surface area contributed by atoms with Gasteiger partial charge in [-0.25, -0.2) is 8.42 Å². The summed E-state index contributed by atoms with van der Waals surface area (Å²) >= 11 is 0. The van der Waals surface area contributed by atoms with Gasteiger partial charge in [-0.15, -0.1) is 0 Å². The van der Waals surface area contributed by atoms with Crippen molar-refractivity contribution in [2.45, 2.75) is 43.9 Å². The van der Waals surface area contributed by atoms with Gasteiger partial charge in [0.05, 0.1) is 16.4 Å². The molecule has 1 fully saturated rings. The van der Waals surface area contributed by atoms with Crippen LogP contribution in [-0.2, 0) is 35.3 Å². The molecule has 0 saturated carbocycles. The van der Waals surface area contributed by atoms with Crippen LogP contribution in [0.2, 0.25) is 0 Å². The molecular formula is C24H26F3N3O6S. The molecule has 0 aliphatic carbocycles. The van der Waals surface area contributed by atoms with Gasteiger partial charge in [-0.3, -0.25) is 14.4 Å². The Morgan fingerprint density at radius 2 is 1.51 bits per heavy atom. The summed E-state index contributed by atoms with van der Waals surface area (Å²) in [5, 5.41) is 5.17. The lowest BCUT2D eigenvalue weighted by molar-refractivity contribution is -0.158. The first kappa shape index (κ1) is 28.1. The van der Waals surface area contributed by atoms with Crippen molar-refractivity contribution in [2.75, 3.05) is 23.7 Å². The molecule has 0 bridgehead atoms. The molecule has 3 rings (SSSR count). The predicted octanol–water partition coefficient (Wildman–Crippen LogP) is 3.63. The minimum Gasteiger partial charge on any atom is -0.452 e. The second kappa shape index (κ2) is 11.3. The molecule has 1 aliphatic rings.